The summed E-state index contributed by atoms with van der Waals surface area (Å²) in [6.07, 6.45) is 0. The van der Waals surface area contributed by atoms with Gasteiger partial charge in [0, 0.05) is 18.4 Å². The Bertz CT molecular complexity index is 891. The normalized spacial score (nSPS) is 10.6. The van der Waals surface area contributed by atoms with Gasteiger partial charge >= 0.3 is 6.03 Å². The molecule has 0 saturated carbocycles. The largest absolute Gasteiger partial charge is 0.476 e. The maximum absolute atomic E-state index is 13.1. The van der Waals surface area contributed by atoms with Gasteiger partial charge in [0.25, 0.3) is 0 Å². The molecular weight excluding hydrogens is 311 g/mol. The minimum atomic E-state index is -0.457. The van der Waals surface area contributed by atoms with E-state index in [0.29, 0.717) is 23.9 Å². The molecule has 6 nitrogen and oxygen atoms in total. The highest BCUT2D eigenvalue weighted by molar-refractivity contribution is 6.01. The van der Waals surface area contributed by atoms with E-state index >= 15 is 0 Å². The van der Waals surface area contributed by atoms with Gasteiger partial charge in [-0.3, -0.25) is 4.68 Å². The van der Waals surface area contributed by atoms with Crippen molar-refractivity contribution in [1.82, 2.24) is 9.78 Å². The fourth-order valence-corrected chi connectivity index (χ4v) is 2.41. The molecule has 24 heavy (non-hydrogen) atoms. The predicted molar refractivity (Wildman–Crippen MR) is 90.9 cm³/mol. The van der Waals surface area contributed by atoms with Crippen LogP contribution >= 0.6 is 0 Å². The number of benzene rings is 2. The molecule has 0 fully saturated rings. The molecule has 2 N–H and O–H groups in total. The lowest BCUT2D eigenvalue weighted by atomic mass is 10.2. The van der Waals surface area contributed by atoms with Crippen LogP contribution in [0.3, 0.4) is 0 Å². The number of nitrogens with zero attached hydrogens (tertiary/aromatic N) is 2. The number of carbonyl (C=O) groups excluding carboxylic acids is 1. The van der Waals surface area contributed by atoms with Crippen LogP contribution in [-0.2, 0) is 7.05 Å². The summed E-state index contributed by atoms with van der Waals surface area (Å²) in [5.74, 6) is 0.107. The molecule has 0 bridgehead atoms. The monoisotopic (exact) mass is 328 g/mol. The molecule has 124 valence electrons. The van der Waals surface area contributed by atoms with E-state index in [9.17, 15) is 9.18 Å². The van der Waals surface area contributed by atoms with E-state index in [-0.39, 0.29) is 0 Å². The van der Waals surface area contributed by atoms with Gasteiger partial charge in [-0.1, -0.05) is 6.07 Å². The summed E-state index contributed by atoms with van der Waals surface area (Å²) >= 11 is 0. The second-order valence-electron chi connectivity index (χ2n) is 5.18. The first-order chi connectivity index (χ1) is 11.6. The van der Waals surface area contributed by atoms with Gasteiger partial charge in [-0.2, -0.15) is 0 Å². The first-order valence-electron chi connectivity index (χ1n) is 7.50. The number of urea groups is 1. The fourth-order valence-electron chi connectivity index (χ4n) is 2.41. The van der Waals surface area contributed by atoms with Crippen LogP contribution in [0.5, 0.6) is 5.88 Å². The molecule has 0 aliphatic heterocycles. The Kier molecular flexibility index (Phi) is 4.33. The number of anilines is 2. The number of amides is 2. The maximum Gasteiger partial charge on any atom is 0.323 e. The second-order valence-corrected chi connectivity index (χ2v) is 5.18. The summed E-state index contributed by atoms with van der Waals surface area (Å²) in [6, 6.07) is 10.7. The molecule has 0 saturated heterocycles. The third kappa shape index (κ3) is 3.29. The Morgan fingerprint density at radius 1 is 1.21 bits per heavy atom. The van der Waals surface area contributed by atoms with Crippen LogP contribution in [0.15, 0.2) is 42.5 Å². The number of hydrogen-bond acceptors (Lipinski definition) is 3. The lowest BCUT2D eigenvalue weighted by Gasteiger charge is -2.08. The number of carbonyl (C=O) groups is 1. The van der Waals surface area contributed by atoms with E-state index in [0.717, 1.165) is 10.9 Å². The van der Waals surface area contributed by atoms with E-state index in [4.69, 9.17) is 4.74 Å². The van der Waals surface area contributed by atoms with E-state index in [1.54, 1.807) is 22.9 Å². The first kappa shape index (κ1) is 15.8. The Balaban J connectivity index is 1.79. The summed E-state index contributed by atoms with van der Waals surface area (Å²) in [7, 11) is 1.83. The molecule has 1 aromatic heterocycles. The van der Waals surface area contributed by atoms with Crippen molar-refractivity contribution in [2.24, 2.45) is 7.05 Å². The highest BCUT2D eigenvalue weighted by Gasteiger charge is 2.11. The lowest BCUT2D eigenvalue weighted by Crippen LogP contribution is -2.19. The van der Waals surface area contributed by atoms with Crippen molar-refractivity contribution in [3.63, 3.8) is 0 Å². The van der Waals surface area contributed by atoms with Gasteiger partial charge in [0.1, 0.15) is 5.82 Å². The van der Waals surface area contributed by atoms with Crippen LogP contribution in [0.2, 0.25) is 0 Å². The van der Waals surface area contributed by atoms with E-state index in [1.165, 1.54) is 18.2 Å². The number of hydrogen-bond donors (Lipinski definition) is 2. The van der Waals surface area contributed by atoms with Crippen LogP contribution in [0.4, 0.5) is 20.6 Å². The van der Waals surface area contributed by atoms with Crippen molar-refractivity contribution in [3.05, 3.63) is 48.3 Å². The number of fused-ring (bicyclic) bond motifs is 1. The van der Waals surface area contributed by atoms with Crippen molar-refractivity contribution in [3.8, 4) is 5.88 Å². The highest BCUT2D eigenvalue weighted by atomic mass is 19.1. The molecule has 3 aromatic rings. The number of aryl methyl sites for hydroxylation is 1. The Morgan fingerprint density at radius 2 is 1.96 bits per heavy atom. The maximum atomic E-state index is 13.1. The number of nitrogens with one attached hydrogen (secondary N) is 2. The van der Waals surface area contributed by atoms with E-state index < -0.39 is 11.8 Å². The zero-order valence-electron chi connectivity index (χ0n) is 13.3. The summed E-state index contributed by atoms with van der Waals surface area (Å²) in [5.41, 5.74) is 1.87. The van der Waals surface area contributed by atoms with Gasteiger partial charge in [-0.15, -0.1) is 5.10 Å². The number of halogens is 1. The van der Waals surface area contributed by atoms with E-state index in [2.05, 4.69) is 15.7 Å². The lowest BCUT2D eigenvalue weighted by molar-refractivity contribution is 0.262. The van der Waals surface area contributed by atoms with Crippen LogP contribution in [0, 0.1) is 5.82 Å². The van der Waals surface area contributed by atoms with Crippen molar-refractivity contribution >= 4 is 28.3 Å². The van der Waals surface area contributed by atoms with Crippen molar-refractivity contribution in [2.75, 3.05) is 17.2 Å². The Morgan fingerprint density at radius 3 is 2.67 bits per heavy atom. The Labute approximate surface area is 138 Å². The third-order valence-corrected chi connectivity index (χ3v) is 3.44. The average molecular weight is 328 g/mol. The van der Waals surface area contributed by atoms with Gasteiger partial charge in [-0.25, -0.2) is 9.18 Å². The summed E-state index contributed by atoms with van der Waals surface area (Å²) in [5, 5.41) is 10.4. The minimum Gasteiger partial charge on any atom is -0.476 e. The topological polar surface area (TPSA) is 68.2 Å². The molecular formula is C17H17FN4O2. The first-order valence-corrected chi connectivity index (χ1v) is 7.50. The quantitative estimate of drug-likeness (QED) is 0.766. The van der Waals surface area contributed by atoms with Gasteiger partial charge in [0.05, 0.1) is 17.5 Å². The standard InChI is InChI=1S/C17H17FN4O2/c1-3-24-16-14-10-13(7-8-15(14)22(2)21-16)20-17(23)19-12-6-4-5-11(18)9-12/h4-10H,3H2,1-2H3,(H2,19,20,23). The fraction of sp³-hybridized carbons (Fsp3) is 0.176. The molecule has 0 spiro atoms. The molecule has 0 unspecified atom stereocenters. The van der Waals surface area contributed by atoms with Gasteiger partial charge in [-0.05, 0) is 43.3 Å². The number of rotatable bonds is 4. The van der Waals surface area contributed by atoms with Crippen molar-refractivity contribution in [1.29, 1.82) is 0 Å². The molecule has 7 heteroatoms. The predicted octanol–water partition coefficient (Wildman–Crippen LogP) is 3.76. The van der Waals surface area contributed by atoms with Crippen LogP contribution in [-0.4, -0.2) is 22.4 Å². The van der Waals surface area contributed by atoms with Crippen molar-refractivity contribution in [2.45, 2.75) is 6.92 Å². The Hall–Kier alpha value is -3.09. The van der Waals surface area contributed by atoms with Crippen LogP contribution < -0.4 is 15.4 Å². The smallest absolute Gasteiger partial charge is 0.323 e. The second kappa shape index (κ2) is 6.57. The molecule has 2 aromatic carbocycles. The summed E-state index contributed by atoms with van der Waals surface area (Å²) in [6.45, 7) is 2.39. The molecule has 0 aliphatic rings. The molecule has 3 rings (SSSR count). The summed E-state index contributed by atoms with van der Waals surface area (Å²) in [4.78, 5) is 12.0. The third-order valence-electron chi connectivity index (χ3n) is 3.44. The zero-order chi connectivity index (χ0) is 17.1. The zero-order valence-corrected chi connectivity index (χ0v) is 13.3. The number of aromatic nitrogens is 2. The summed E-state index contributed by atoms with van der Waals surface area (Å²) < 4.78 is 20.4. The minimum absolute atomic E-state index is 0.380. The van der Waals surface area contributed by atoms with Crippen LogP contribution in [0.25, 0.3) is 10.9 Å². The van der Waals surface area contributed by atoms with Gasteiger partial charge in [0.15, 0.2) is 0 Å². The SMILES string of the molecule is CCOc1nn(C)c2ccc(NC(=O)Nc3cccc(F)c3)cc12. The highest BCUT2D eigenvalue weighted by Crippen LogP contribution is 2.27. The molecule has 0 radical (unpaired) electrons. The molecule has 0 atom stereocenters. The van der Waals surface area contributed by atoms with Crippen molar-refractivity contribution < 1.29 is 13.9 Å². The van der Waals surface area contributed by atoms with Gasteiger partial charge in [0.2, 0.25) is 5.88 Å². The van der Waals surface area contributed by atoms with Gasteiger partial charge < -0.3 is 15.4 Å². The molecule has 0 aliphatic carbocycles. The van der Waals surface area contributed by atoms with E-state index in [1.807, 2.05) is 20.0 Å². The number of ether oxygens (including phenoxy) is 1. The molecule has 2 amide bonds. The molecule has 1 heterocycles. The average Bonchev–Trinajstić information content (AvgIpc) is 2.83. The van der Waals surface area contributed by atoms with Crippen LogP contribution in [0.1, 0.15) is 6.92 Å².